The van der Waals surface area contributed by atoms with Gasteiger partial charge >= 0.3 is 0 Å². The van der Waals surface area contributed by atoms with E-state index < -0.39 is 6.41 Å². The van der Waals surface area contributed by atoms with Crippen LogP contribution < -0.4 is 9.64 Å². The van der Waals surface area contributed by atoms with E-state index in [1.165, 1.54) is 24.8 Å². The minimum absolute atomic E-state index is 0.556. The first-order chi connectivity index (χ1) is 15.7. The molecule has 1 aliphatic carbocycles. The molecule has 1 unspecified atom stereocenters. The highest BCUT2D eigenvalue weighted by atomic mass is 16.6. The molecule has 6 heteroatoms. The second-order valence-electron chi connectivity index (χ2n) is 9.29. The Morgan fingerprint density at radius 3 is 2.47 bits per heavy atom. The first-order valence-electron chi connectivity index (χ1n) is 12.0. The van der Waals surface area contributed by atoms with E-state index in [2.05, 4.69) is 47.2 Å². The average molecular weight is 438 g/mol. The largest absolute Gasteiger partial charge is 0.492 e. The summed E-state index contributed by atoms with van der Waals surface area (Å²) in [6.07, 6.45) is 2.94. The molecule has 6 nitrogen and oxygen atoms in total. The van der Waals surface area contributed by atoms with Gasteiger partial charge in [-0.2, -0.15) is 0 Å². The van der Waals surface area contributed by atoms with E-state index in [1.807, 2.05) is 29.2 Å². The van der Waals surface area contributed by atoms with Gasteiger partial charge < -0.3 is 19.5 Å². The first kappa shape index (κ1) is 21.7. The Balaban J connectivity index is 1.02. The number of hydrogen-bond donors (Lipinski definition) is 1. The molecule has 3 fully saturated rings. The smallest absolute Gasteiger partial charge is 0.238 e. The van der Waals surface area contributed by atoms with Crippen molar-refractivity contribution in [3.63, 3.8) is 0 Å². The van der Waals surface area contributed by atoms with Gasteiger partial charge in [0.05, 0.1) is 6.61 Å². The molecule has 1 N–H and O–H groups in total. The average Bonchev–Trinajstić information content (AvgIpc) is 3.53. The van der Waals surface area contributed by atoms with Gasteiger partial charge in [0.1, 0.15) is 12.4 Å². The molecule has 0 spiro atoms. The fourth-order valence-corrected chi connectivity index (χ4v) is 5.25. The maximum Gasteiger partial charge on any atom is 0.238 e. The topological polar surface area (TPSA) is 48.4 Å². The van der Waals surface area contributed by atoms with Crippen LogP contribution in [0.5, 0.6) is 5.75 Å². The van der Waals surface area contributed by atoms with Crippen molar-refractivity contribution in [1.82, 2.24) is 9.80 Å². The fraction of sp³-hybridized carbons (Fsp3) is 0.538. The molecular weight excluding hydrogens is 402 g/mol. The number of ether oxygens (including phenoxy) is 2. The molecule has 1 saturated carbocycles. The van der Waals surface area contributed by atoms with Gasteiger partial charge in [-0.25, -0.2) is 0 Å². The monoisotopic (exact) mass is 437 g/mol. The lowest BCUT2D eigenvalue weighted by Gasteiger charge is -2.37. The standard InChI is InChI=1S/C26H35N3O3/c1-27(25-19-24(25)20-5-3-2-4-6-20)21-11-13-28(14-12-21)15-17-31-23-9-7-22(8-10-23)29-16-18-32-26(29)30/h2-10,21,24-26,30H,11-19H2,1H3/t24-,25+,26?/m0/s1. The molecule has 2 aromatic rings. The number of hydrogen-bond acceptors (Lipinski definition) is 6. The third-order valence-corrected chi connectivity index (χ3v) is 7.35. The second kappa shape index (κ2) is 9.79. The molecule has 0 bridgehead atoms. The first-order valence-corrected chi connectivity index (χ1v) is 12.0. The minimum Gasteiger partial charge on any atom is -0.492 e. The van der Waals surface area contributed by atoms with Crippen LogP contribution in [0.4, 0.5) is 5.69 Å². The van der Waals surface area contributed by atoms with Crippen molar-refractivity contribution in [2.75, 3.05) is 51.3 Å². The summed E-state index contributed by atoms with van der Waals surface area (Å²) in [5.41, 5.74) is 2.45. The highest BCUT2D eigenvalue weighted by Crippen LogP contribution is 2.45. The van der Waals surface area contributed by atoms with Crippen LogP contribution in [0.3, 0.4) is 0 Å². The number of likely N-dealkylation sites (tertiary alicyclic amines) is 1. The molecule has 2 heterocycles. The predicted octanol–water partition coefficient (Wildman–Crippen LogP) is 3.13. The van der Waals surface area contributed by atoms with Crippen LogP contribution >= 0.6 is 0 Å². The highest BCUT2D eigenvalue weighted by molar-refractivity contribution is 5.49. The van der Waals surface area contributed by atoms with Crippen molar-refractivity contribution < 1.29 is 14.6 Å². The van der Waals surface area contributed by atoms with Crippen molar-refractivity contribution in [2.45, 2.75) is 43.7 Å². The van der Waals surface area contributed by atoms with Gasteiger partial charge in [0, 0.05) is 36.8 Å². The van der Waals surface area contributed by atoms with Crippen LogP contribution in [0.15, 0.2) is 54.6 Å². The quantitative estimate of drug-likeness (QED) is 0.685. The Morgan fingerprint density at radius 2 is 1.78 bits per heavy atom. The summed E-state index contributed by atoms with van der Waals surface area (Å²) in [6.45, 7) is 5.22. The number of benzene rings is 2. The Morgan fingerprint density at radius 1 is 1.03 bits per heavy atom. The molecule has 32 heavy (non-hydrogen) atoms. The van der Waals surface area contributed by atoms with Gasteiger partial charge in [0.25, 0.3) is 0 Å². The Hall–Kier alpha value is -2.12. The molecule has 5 rings (SSSR count). The molecule has 3 aliphatic rings. The molecule has 0 radical (unpaired) electrons. The van der Waals surface area contributed by atoms with Crippen LogP contribution in [0.1, 0.15) is 30.7 Å². The third kappa shape index (κ3) is 4.94. The molecular formula is C26H35N3O3. The van der Waals surface area contributed by atoms with Crippen molar-refractivity contribution in [3.8, 4) is 5.75 Å². The highest BCUT2D eigenvalue weighted by Gasteiger charge is 2.43. The maximum atomic E-state index is 9.81. The lowest BCUT2D eigenvalue weighted by molar-refractivity contribution is -0.0573. The number of piperidine rings is 1. The zero-order valence-corrected chi connectivity index (χ0v) is 19.0. The van der Waals surface area contributed by atoms with Gasteiger partial charge in [-0.3, -0.25) is 9.80 Å². The van der Waals surface area contributed by atoms with E-state index in [0.717, 1.165) is 37.0 Å². The van der Waals surface area contributed by atoms with Crippen molar-refractivity contribution in [1.29, 1.82) is 0 Å². The Labute approximate surface area is 191 Å². The molecule has 3 atom stereocenters. The van der Waals surface area contributed by atoms with Crippen LogP contribution in [0.2, 0.25) is 0 Å². The van der Waals surface area contributed by atoms with Crippen LogP contribution in [0, 0.1) is 0 Å². The molecule has 2 aliphatic heterocycles. The molecule has 0 aromatic heterocycles. The predicted molar refractivity (Wildman–Crippen MR) is 126 cm³/mol. The van der Waals surface area contributed by atoms with E-state index in [9.17, 15) is 5.11 Å². The van der Waals surface area contributed by atoms with E-state index in [-0.39, 0.29) is 0 Å². The summed E-state index contributed by atoms with van der Waals surface area (Å²) < 4.78 is 11.2. The number of aliphatic hydroxyl groups is 1. The van der Waals surface area contributed by atoms with Gasteiger partial charge in [0.2, 0.25) is 6.41 Å². The lowest BCUT2D eigenvalue weighted by Crippen LogP contribution is -2.45. The number of anilines is 1. The van der Waals surface area contributed by atoms with E-state index in [4.69, 9.17) is 9.47 Å². The number of aliphatic hydroxyl groups excluding tert-OH is 1. The summed E-state index contributed by atoms with van der Waals surface area (Å²) in [4.78, 5) is 7.02. The van der Waals surface area contributed by atoms with Crippen molar-refractivity contribution in [3.05, 3.63) is 60.2 Å². The van der Waals surface area contributed by atoms with E-state index in [1.54, 1.807) is 0 Å². The van der Waals surface area contributed by atoms with Gasteiger partial charge in [-0.15, -0.1) is 0 Å². The zero-order valence-electron chi connectivity index (χ0n) is 19.0. The van der Waals surface area contributed by atoms with Crippen molar-refractivity contribution >= 4 is 5.69 Å². The number of rotatable bonds is 8. The fourth-order valence-electron chi connectivity index (χ4n) is 5.25. The van der Waals surface area contributed by atoms with Crippen LogP contribution in [0.25, 0.3) is 0 Å². The van der Waals surface area contributed by atoms with Gasteiger partial charge in [-0.1, -0.05) is 30.3 Å². The SMILES string of the molecule is CN(C1CCN(CCOc2ccc(N3CCOC3O)cc2)CC1)[C@@H]1C[C@H]1c1ccccc1. The van der Waals surface area contributed by atoms with Crippen molar-refractivity contribution in [2.24, 2.45) is 0 Å². The maximum absolute atomic E-state index is 9.81. The van der Waals surface area contributed by atoms with Crippen LogP contribution in [-0.4, -0.2) is 79.8 Å². The summed E-state index contributed by atoms with van der Waals surface area (Å²) in [6, 6.07) is 20.3. The molecule has 2 saturated heterocycles. The number of nitrogens with zero attached hydrogens (tertiary/aromatic N) is 3. The van der Waals surface area contributed by atoms with E-state index in [0.29, 0.717) is 31.8 Å². The normalized spacial score (nSPS) is 26.6. The minimum atomic E-state index is -0.840. The van der Waals surface area contributed by atoms with Crippen LogP contribution in [-0.2, 0) is 4.74 Å². The summed E-state index contributed by atoms with van der Waals surface area (Å²) in [7, 11) is 2.33. The summed E-state index contributed by atoms with van der Waals surface area (Å²) >= 11 is 0. The van der Waals surface area contributed by atoms with Gasteiger partial charge in [0.15, 0.2) is 0 Å². The van der Waals surface area contributed by atoms with E-state index >= 15 is 0 Å². The lowest BCUT2D eigenvalue weighted by atomic mass is 10.0. The Kier molecular flexibility index (Phi) is 6.64. The molecule has 2 aromatic carbocycles. The molecule has 172 valence electrons. The Bertz CT molecular complexity index is 854. The molecule has 0 amide bonds. The zero-order chi connectivity index (χ0) is 21.9. The second-order valence-corrected chi connectivity index (χ2v) is 9.29. The summed E-state index contributed by atoms with van der Waals surface area (Å²) in [5.74, 6) is 1.60. The van der Waals surface area contributed by atoms with Gasteiger partial charge in [-0.05, 0) is 69.2 Å². The summed E-state index contributed by atoms with van der Waals surface area (Å²) in [5, 5.41) is 9.81. The number of likely N-dealkylation sites (N-methyl/N-ethyl adjacent to an activating group) is 1. The third-order valence-electron chi connectivity index (χ3n) is 7.35.